The van der Waals surface area contributed by atoms with Crippen LogP contribution in [0.25, 0.3) is 44.9 Å². The smallest absolute Gasteiger partial charge is 0.307 e. The second-order valence-corrected chi connectivity index (χ2v) is 13.5. The van der Waals surface area contributed by atoms with Crippen molar-refractivity contribution in [2.24, 2.45) is 5.92 Å². The predicted octanol–water partition coefficient (Wildman–Crippen LogP) is 4.97. The molecule has 0 bridgehead atoms. The Morgan fingerprint density at radius 1 is 0.980 bits per heavy atom. The van der Waals surface area contributed by atoms with Crippen molar-refractivity contribution in [3.63, 3.8) is 0 Å². The molecule has 2 aromatic carbocycles. The maximum atomic E-state index is 11.4. The first-order valence-electron chi connectivity index (χ1n) is 17.2. The lowest BCUT2D eigenvalue weighted by atomic mass is 9.90. The zero-order valence-corrected chi connectivity index (χ0v) is 29.0. The minimum Gasteiger partial charge on any atom is -0.481 e. The van der Waals surface area contributed by atoms with E-state index in [1.165, 1.54) is 0 Å². The van der Waals surface area contributed by atoms with E-state index in [0.29, 0.717) is 63.0 Å². The van der Waals surface area contributed by atoms with E-state index in [0.717, 1.165) is 57.6 Å². The van der Waals surface area contributed by atoms with Crippen LogP contribution in [0.15, 0.2) is 59.1 Å². The van der Waals surface area contributed by atoms with Crippen LogP contribution in [0, 0.1) is 36.5 Å². The number of aliphatic carboxylic acids is 1. The van der Waals surface area contributed by atoms with Gasteiger partial charge in [-0.25, -0.2) is 9.97 Å². The van der Waals surface area contributed by atoms with Crippen LogP contribution in [0.4, 0.5) is 0 Å². The number of oxazole rings is 1. The average molecular weight is 688 g/mol. The molecule has 0 amide bonds. The molecule has 0 spiro atoms. The maximum Gasteiger partial charge on any atom is 0.307 e. The normalized spacial score (nSPS) is 18.0. The zero-order chi connectivity index (χ0) is 35.8. The van der Waals surface area contributed by atoms with Crippen LogP contribution < -0.4 is 10.2 Å². The lowest BCUT2D eigenvalue weighted by Gasteiger charge is -2.18. The molecule has 2 atom stereocenters. The molecule has 3 N–H and O–H groups in total. The van der Waals surface area contributed by atoms with Crippen molar-refractivity contribution in [3.05, 3.63) is 82.5 Å². The number of likely N-dealkylation sites (tertiary alicyclic amines) is 2. The van der Waals surface area contributed by atoms with Crippen LogP contribution in [0.3, 0.4) is 0 Å². The molecule has 5 heterocycles. The number of nitriles is 1. The van der Waals surface area contributed by atoms with E-state index in [9.17, 15) is 20.3 Å². The number of ether oxygens (including phenoxy) is 1. The van der Waals surface area contributed by atoms with Crippen molar-refractivity contribution in [3.8, 4) is 45.8 Å². The Bertz CT molecular complexity index is 2240. The maximum absolute atomic E-state index is 11.4. The number of aliphatic hydroxyl groups is 1. The fourth-order valence-electron chi connectivity index (χ4n) is 7.41. The van der Waals surface area contributed by atoms with E-state index in [-0.39, 0.29) is 28.7 Å². The van der Waals surface area contributed by atoms with Gasteiger partial charge in [0.05, 0.1) is 24.8 Å². The largest absolute Gasteiger partial charge is 0.481 e. The zero-order valence-electron chi connectivity index (χ0n) is 29.0. The highest BCUT2D eigenvalue weighted by Crippen LogP contribution is 2.37. The molecule has 2 saturated heterocycles. The Kier molecular flexibility index (Phi) is 9.44. The highest BCUT2D eigenvalue weighted by molar-refractivity contribution is 5.84. The van der Waals surface area contributed by atoms with Crippen LogP contribution in [0.1, 0.15) is 35.1 Å². The first-order valence-corrected chi connectivity index (χ1v) is 17.2. The number of aromatic nitrogens is 3. The van der Waals surface area contributed by atoms with Crippen LogP contribution in [0.2, 0.25) is 0 Å². The van der Waals surface area contributed by atoms with Gasteiger partial charge in [0.2, 0.25) is 11.8 Å². The van der Waals surface area contributed by atoms with Gasteiger partial charge in [-0.3, -0.25) is 15.1 Å². The summed E-state index contributed by atoms with van der Waals surface area (Å²) in [6, 6.07) is 18.4. The molecule has 0 radical (unpaired) electrons. The van der Waals surface area contributed by atoms with Crippen molar-refractivity contribution in [1.29, 1.82) is 10.7 Å². The van der Waals surface area contributed by atoms with Gasteiger partial charge in [0.1, 0.15) is 11.6 Å². The van der Waals surface area contributed by atoms with Crippen molar-refractivity contribution in [1.82, 2.24) is 24.3 Å². The molecule has 12 heteroatoms. The van der Waals surface area contributed by atoms with Gasteiger partial charge in [0.15, 0.2) is 16.6 Å². The Balaban J connectivity index is 1.19. The summed E-state index contributed by atoms with van der Waals surface area (Å²) in [5.74, 6) is -0.255. The number of rotatable bonds is 10. The molecule has 5 aromatic rings. The van der Waals surface area contributed by atoms with Gasteiger partial charge in [-0.05, 0) is 67.6 Å². The molecule has 0 saturated carbocycles. The summed E-state index contributed by atoms with van der Waals surface area (Å²) in [6.07, 6.45) is 2.71. The number of methoxy groups -OCH3 is 1. The summed E-state index contributed by atoms with van der Waals surface area (Å²) in [5, 5.41) is 38.3. The van der Waals surface area contributed by atoms with E-state index < -0.39 is 5.97 Å². The molecule has 2 aliphatic heterocycles. The minimum atomic E-state index is -0.782. The number of nitrogens with zero attached hydrogens (tertiary/aromatic N) is 6. The number of nitrogens with one attached hydrogen (secondary N) is 1. The lowest BCUT2D eigenvalue weighted by molar-refractivity contribution is -0.141. The molecule has 0 aliphatic carbocycles. The number of hydrogen-bond acceptors (Lipinski definition) is 10. The topological polar surface area (TPSA) is 165 Å². The van der Waals surface area contributed by atoms with Gasteiger partial charge in [0, 0.05) is 62.2 Å². The first-order chi connectivity index (χ1) is 24.6. The predicted molar refractivity (Wildman–Crippen MR) is 191 cm³/mol. The lowest BCUT2D eigenvalue weighted by Crippen LogP contribution is -2.30. The minimum absolute atomic E-state index is 0.136. The molecule has 12 nitrogen and oxygen atoms in total. The molecule has 2 fully saturated rings. The molecule has 0 unspecified atom stereocenters. The molecule has 2 aliphatic rings. The highest BCUT2D eigenvalue weighted by atomic mass is 16.5. The summed E-state index contributed by atoms with van der Waals surface area (Å²) in [7, 11) is 1.63. The fourth-order valence-corrected chi connectivity index (χ4v) is 7.41. The summed E-state index contributed by atoms with van der Waals surface area (Å²) in [5.41, 5.74) is 8.54. The standard InChI is InChI=1S/C39H41N7O5/c1-23-29(6-4-8-31(23)33-11-10-25(37(42-33)50-3)19-45-15-13-28(47)22-45)30-7-5-9-32(24(30)2)38-43-34-35(51-38)27(18-40)21-46(36(34)41)17-16-44-14-12-26(20-44)39(48)49/h4-11,21,26,28,41,47H,12-17,19-20,22H2,1-3H3,(H,48,49)/t26-,28-/m1/s1. The Labute approximate surface area is 295 Å². The second kappa shape index (κ2) is 14.1. The van der Waals surface area contributed by atoms with Crippen LogP contribution in [0.5, 0.6) is 5.88 Å². The number of hydrogen-bond donors (Lipinski definition) is 3. The third-order valence-corrected chi connectivity index (χ3v) is 10.3. The summed E-state index contributed by atoms with van der Waals surface area (Å²) >= 11 is 0. The Hall–Kier alpha value is -5.35. The van der Waals surface area contributed by atoms with Crippen molar-refractivity contribution in [2.75, 3.05) is 39.8 Å². The average Bonchev–Trinajstić information content (AvgIpc) is 3.89. The summed E-state index contributed by atoms with van der Waals surface area (Å²) < 4.78 is 13.6. The van der Waals surface area contributed by atoms with Gasteiger partial charge in [-0.1, -0.05) is 36.4 Å². The third kappa shape index (κ3) is 6.63. The number of β-amino-alcohol motifs (C(OH)–C–C–N with tert-alkyl or cyclic N) is 1. The third-order valence-electron chi connectivity index (χ3n) is 10.3. The first kappa shape index (κ1) is 34.1. The van der Waals surface area contributed by atoms with Crippen molar-refractivity contribution >= 4 is 17.1 Å². The number of pyridine rings is 2. The number of aliphatic hydroxyl groups excluding tert-OH is 1. The number of carboxylic acids is 1. The highest BCUT2D eigenvalue weighted by Gasteiger charge is 2.28. The fraction of sp³-hybridized carbons (Fsp3) is 0.359. The van der Waals surface area contributed by atoms with E-state index >= 15 is 0 Å². The number of benzene rings is 2. The van der Waals surface area contributed by atoms with Gasteiger partial charge >= 0.3 is 5.97 Å². The number of carbonyl (C=O) groups is 1. The molecule has 7 rings (SSSR count). The Morgan fingerprint density at radius 2 is 1.69 bits per heavy atom. The van der Waals surface area contributed by atoms with Gasteiger partial charge in [0.25, 0.3) is 0 Å². The molecule has 262 valence electrons. The quantitative estimate of drug-likeness (QED) is 0.183. The van der Waals surface area contributed by atoms with Crippen LogP contribution >= 0.6 is 0 Å². The van der Waals surface area contributed by atoms with E-state index in [1.807, 2.05) is 31.2 Å². The van der Waals surface area contributed by atoms with Crippen molar-refractivity contribution in [2.45, 2.75) is 45.9 Å². The van der Waals surface area contributed by atoms with Gasteiger partial charge in [-0.2, -0.15) is 5.26 Å². The monoisotopic (exact) mass is 687 g/mol. The van der Waals surface area contributed by atoms with E-state index in [2.05, 4.69) is 47.1 Å². The summed E-state index contributed by atoms with van der Waals surface area (Å²) in [6.45, 7) is 8.41. The Morgan fingerprint density at radius 3 is 2.35 bits per heavy atom. The van der Waals surface area contributed by atoms with Crippen molar-refractivity contribution < 1.29 is 24.2 Å². The molecule has 51 heavy (non-hydrogen) atoms. The SMILES string of the molecule is COc1nc(-c2cccc(-c3cccc(-c4nc5c(=N)n(CCN6CC[C@@H](C(=O)O)C6)cc(C#N)c5o4)c3C)c2C)ccc1CN1CC[C@@H](O)C1. The molecular formula is C39H41N7O5. The van der Waals surface area contributed by atoms with Gasteiger partial charge in [-0.15, -0.1) is 0 Å². The van der Waals surface area contributed by atoms with Crippen LogP contribution in [-0.4, -0.2) is 86.5 Å². The number of carboxylic acid groups (broad SMARTS) is 1. The number of fused-ring (bicyclic) bond motifs is 1. The molecule has 3 aromatic heterocycles. The van der Waals surface area contributed by atoms with Crippen LogP contribution in [-0.2, 0) is 17.9 Å². The van der Waals surface area contributed by atoms with Gasteiger partial charge < -0.3 is 28.8 Å². The molecular weight excluding hydrogens is 646 g/mol. The van der Waals surface area contributed by atoms with E-state index in [4.69, 9.17) is 24.5 Å². The second-order valence-electron chi connectivity index (χ2n) is 13.5. The van der Waals surface area contributed by atoms with E-state index in [1.54, 1.807) is 17.9 Å². The summed E-state index contributed by atoms with van der Waals surface area (Å²) in [4.78, 5) is 25.3.